The lowest BCUT2D eigenvalue weighted by atomic mass is 9.95. The summed E-state index contributed by atoms with van der Waals surface area (Å²) in [5.74, 6) is 2.41. The Hall–Kier alpha value is 0. The number of hydrogen-bond acceptors (Lipinski definition) is 0. The van der Waals surface area contributed by atoms with Crippen molar-refractivity contribution >= 4 is 0 Å². The molecule has 0 heterocycles. The van der Waals surface area contributed by atoms with E-state index in [1.807, 2.05) is 0 Å². The monoisotopic (exact) mass is 122 g/mol. The summed E-state index contributed by atoms with van der Waals surface area (Å²) in [5.41, 5.74) is 0.972. The van der Waals surface area contributed by atoms with Crippen LogP contribution in [0.2, 0.25) is 0 Å². The SMILES string of the molecule is C1C[C@H]2CC[C@H]3CC23C1. The van der Waals surface area contributed by atoms with Crippen LogP contribution in [0.4, 0.5) is 0 Å². The first-order chi connectivity index (χ1) is 4.42. The van der Waals surface area contributed by atoms with Crippen molar-refractivity contribution in [2.45, 2.75) is 38.5 Å². The highest BCUT2D eigenvalue weighted by Crippen LogP contribution is 2.72. The molecule has 0 aromatic carbocycles. The highest BCUT2D eigenvalue weighted by Gasteiger charge is 2.63. The molecule has 3 fully saturated rings. The molecule has 0 bridgehead atoms. The van der Waals surface area contributed by atoms with Gasteiger partial charge in [0.05, 0.1) is 0 Å². The van der Waals surface area contributed by atoms with Crippen LogP contribution in [-0.4, -0.2) is 0 Å². The van der Waals surface area contributed by atoms with Crippen molar-refractivity contribution in [1.82, 2.24) is 0 Å². The quantitative estimate of drug-likeness (QED) is 0.463. The fourth-order valence-corrected chi connectivity index (χ4v) is 3.60. The molecular weight excluding hydrogens is 108 g/mol. The second kappa shape index (κ2) is 1.21. The lowest BCUT2D eigenvalue weighted by Gasteiger charge is -2.10. The standard InChI is InChI=1S/C9H14/c1-2-7-3-4-8-6-9(7,8)5-1/h7-8H,1-6H2/t7-,8-,9?/m0/s1. The molecular formula is C9H14. The van der Waals surface area contributed by atoms with E-state index in [2.05, 4.69) is 0 Å². The van der Waals surface area contributed by atoms with Gasteiger partial charge in [0.2, 0.25) is 0 Å². The van der Waals surface area contributed by atoms with Crippen molar-refractivity contribution in [3.8, 4) is 0 Å². The van der Waals surface area contributed by atoms with Crippen LogP contribution >= 0.6 is 0 Å². The van der Waals surface area contributed by atoms with Gasteiger partial charge in [-0.05, 0) is 49.4 Å². The summed E-state index contributed by atoms with van der Waals surface area (Å²) in [6.07, 6.45) is 9.53. The molecule has 0 amide bonds. The molecule has 3 aliphatic rings. The van der Waals surface area contributed by atoms with E-state index >= 15 is 0 Å². The molecule has 3 saturated carbocycles. The molecule has 1 spiro atoms. The third-order valence-corrected chi connectivity index (χ3v) is 4.15. The highest BCUT2D eigenvalue weighted by molar-refractivity contribution is 5.13. The Kier molecular flexibility index (Phi) is 0.640. The molecule has 0 radical (unpaired) electrons. The van der Waals surface area contributed by atoms with Crippen LogP contribution in [0.3, 0.4) is 0 Å². The van der Waals surface area contributed by atoms with Gasteiger partial charge in [0.25, 0.3) is 0 Å². The topological polar surface area (TPSA) is 0 Å². The summed E-state index contributed by atoms with van der Waals surface area (Å²) in [6.45, 7) is 0. The number of rotatable bonds is 0. The summed E-state index contributed by atoms with van der Waals surface area (Å²) >= 11 is 0. The maximum Gasteiger partial charge on any atom is -0.0238 e. The van der Waals surface area contributed by atoms with E-state index < -0.39 is 0 Å². The summed E-state index contributed by atoms with van der Waals surface area (Å²) in [6, 6.07) is 0. The Morgan fingerprint density at radius 2 is 1.89 bits per heavy atom. The zero-order valence-electron chi connectivity index (χ0n) is 5.90. The van der Waals surface area contributed by atoms with Crippen LogP contribution in [0.1, 0.15) is 38.5 Å². The molecule has 9 heavy (non-hydrogen) atoms. The van der Waals surface area contributed by atoms with Gasteiger partial charge in [0, 0.05) is 0 Å². The van der Waals surface area contributed by atoms with Crippen molar-refractivity contribution in [3.63, 3.8) is 0 Å². The zero-order valence-corrected chi connectivity index (χ0v) is 5.90. The molecule has 0 nitrogen and oxygen atoms in total. The Balaban J connectivity index is 1.99. The zero-order chi connectivity index (χ0) is 5.90. The van der Waals surface area contributed by atoms with Crippen molar-refractivity contribution in [3.05, 3.63) is 0 Å². The van der Waals surface area contributed by atoms with Crippen LogP contribution in [-0.2, 0) is 0 Å². The Morgan fingerprint density at radius 1 is 1.00 bits per heavy atom. The van der Waals surface area contributed by atoms with E-state index in [-0.39, 0.29) is 0 Å². The van der Waals surface area contributed by atoms with Crippen LogP contribution in [0, 0.1) is 17.3 Å². The first-order valence-electron chi connectivity index (χ1n) is 4.42. The van der Waals surface area contributed by atoms with E-state index in [4.69, 9.17) is 0 Å². The molecule has 3 rings (SSSR count). The van der Waals surface area contributed by atoms with Crippen molar-refractivity contribution in [2.24, 2.45) is 17.3 Å². The number of hydrogen-bond donors (Lipinski definition) is 0. The molecule has 3 atom stereocenters. The third-order valence-electron chi connectivity index (χ3n) is 4.15. The molecule has 0 aromatic heterocycles. The molecule has 0 saturated heterocycles. The largest absolute Gasteiger partial charge is 0.0525 e. The van der Waals surface area contributed by atoms with Crippen molar-refractivity contribution in [2.75, 3.05) is 0 Å². The van der Waals surface area contributed by atoms with Crippen molar-refractivity contribution in [1.29, 1.82) is 0 Å². The van der Waals surface area contributed by atoms with Gasteiger partial charge in [-0.3, -0.25) is 0 Å². The molecule has 1 unspecified atom stereocenters. The maximum absolute atomic E-state index is 1.62. The Labute approximate surface area is 56.6 Å². The second-order valence-electron chi connectivity index (χ2n) is 4.30. The first kappa shape index (κ1) is 4.76. The third kappa shape index (κ3) is 0.395. The molecule has 0 aromatic rings. The summed E-state index contributed by atoms with van der Waals surface area (Å²) in [5, 5.41) is 0. The Morgan fingerprint density at radius 3 is 2.67 bits per heavy atom. The van der Waals surface area contributed by atoms with E-state index in [0.29, 0.717) is 0 Å². The van der Waals surface area contributed by atoms with Gasteiger partial charge in [0.15, 0.2) is 0 Å². The van der Waals surface area contributed by atoms with Crippen LogP contribution in [0.5, 0.6) is 0 Å². The van der Waals surface area contributed by atoms with Gasteiger partial charge >= 0.3 is 0 Å². The van der Waals surface area contributed by atoms with Gasteiger partial charge < -0.3 is 0 Å². The molecule has 0 N–H and O–H groups in total. The van der Waals surface area contributed by atoms with E-state index in [9.17, 15) is 0 Å². The smallest absolute Gasteiger partial charge is 0.0238 e. The Bertz CT molecular complexity index is 148. The van der Waals surface area contributed by atoms with E-state index in [1.54, 1.807) is 38.5 Å². The summed E-state index contributed by atoms with van der Waals surface area (Å²) in [4.78, 5) is 0. The minimum absolute atomic E-state index is 0.972. The average molecular weight is 122 g/mol. The van der Waals surface area contributed by atoms with Gasteiger partial charge in [-0.1, -0.05) is 6.42 Å². The van der Waals surface area contributed by atoms with Gasteiger partial charge in [-0.25, -0.2) is 0 Å². The van der Waals surface area contributed by atoms with Gasteiger partial charge in [-0.15, -0.1) is 0 Å². The van der Waals surface area contributed by atoms with Crippen molar-refractivity contribution < 1.29 is 0 Å². The normalized spacial score (nSPS) is 61.3. The summed E-state index contributed by atoms with van der Waals surface area (Å²) < 4.78 is 0. The van der Waals surface area contributed by atoms with Gasteiger partial charge in [-0.2, -0.15) is 0 Å². The van der Waals surface area contributed by atoms with Crippen LogP contribution < -0.4 is 0 Å². The highest BCUT2D eigenvalue weighted by atomic mass is 14.7. The van der Waals surface area contributed by atoms with Crippen LogP contribution in [0.15, 0.2) is 0 Å². The molecule has 0 heteroatoms. The van der Waals surface area contributed by atoms with E-state index in [1.165, 1.54) is 11.8 Å². The lowest BCUT2D eigenvalue weighted by molar-refractivity contribution is 0.390. The fraction of sp³-hybridized carbons (Fsp3) is 1.00. The van der Waals surface area contributed by atoms with Crippen LogP contribution in [0.25, 0.3) is 0 Å². The predicted molar refractivity (Wildman–Crippen MR) is 37.1 cm³/mol. The predicted octanol–water partition coefficient (Wildman–Crippen LogP) is 2.59. The fourth-order valence-electron chi connectivity index (χ4n) is 3.60. The average Bonchev–Trinajstić information content (AvgIpc) is 2.30. The summed E-state index contributed by atoms with van der Waals surface area (Å²) in [7, 11) is 0. The minimum atomic E-state index is 0.972. The second-order valence-corrected chi connectivity index (χ2v) is 4.30. The first-order valence-corrected chi connectivity index (χ1v) is 4.42. The van der Waals surface area contributed by atoms with Gasteiger partial charge in [0.1, 0.15) is 0 Å². The van der Waals surface area contributed by atoms with E-state index in [0.717, 1.165) is 5.41 Å². The molecule has 3 aliphatic carbocycles. The maximum atomic E-state index is 1.62. The molecule has 0 aliphatic heterocycles. The minimum Gasteiger partial charge on any atom is -0.0525 e. The molecule has 50 valence electrons. The lowest BCUT2D eigenvalue weighted by Crippen LogP contribution is -2.02.